The van der Waals surface area contributed by atoms with Gasteiger partial charge in [-0.2, -0.15) is 5.10 Å². The molecule has 0 unspecified atom stereocenters. The summed E-state index contributed by atoms with van der Waals surface area (Å²) in [6, 6.07) is 0. The van der Waals surface area contributed by atoms with Crippen LogP contribution in [0.4, 0.5) is 0 Å². The van der Waals surface area contributed by atoms with E-state index in [9.17, 15) is 0 Å². The predicted octanol–water partition coefficient (Wildman–Crippen LogP) is 1.99. The van der Waals surface area contributed by atoms with E-state index in [0.717, 1.165) is 14.4 Å². The van der Waals surface area contributed by atoms with Crippen molar-refractivity contribution in [3.63, 3.8) is 0 Å². The molecule has 0 radical (unpaired) electrons. The topological polar surface area (TPSA) is 17.8 Å². The third kappa shape index (κ3) is 1.21. The van der Waals surface area contributed by atoms with E-state index in [2.05, 4.69) is 27.7 Å². The molecule has 0 spiro atoms. The van der Waals surface area contributed by atoms with Crippen LogP contribution in [0.2, 0.25) is 5.02 Å². The van der Waals surface area contributed by atoms with Crippen LogP contribution >= 0.6 is 34.2 Å². The highest BCUT2D eigenvalue weighted by Gasteiger charge is 2.05. The van der Waals surface area contributed by atoms with Gasteiger partial charge in [0.1, 0.15) is 3.70 Å². The Hall–Kier alpha value is 0.230. The maximum Gasteiger partial charge on any atom is 0.142 e. The average molecular weight is 256 g/mol. The molecule has 1 aromatic heterocycles. The Morgan fingerprint density at radius 2 is 2.22 bits per heavy atom. The van der Waals surface area contributed by atoms with E-state index in [0.29, 0.717) is 0 Å². The zero-order valence-corrected chi connectivity index (χ0v) is 8.06. The second-order valence-corrected chi connectivity index (χ2v) is 3.21. The normalized spacial score (nSPS) is 10.2. The van der Waals surface area contributed by atoms with E-state index in [1.807, 2.05) is 14.0 Å². The highest BCUT2D eigenvalue weighted by Crippen LogP contribution is 2.19. The fraction of sp³-hybridized carbons (Fsp3) is 0.400. The van der Waals surface area contributed by atoms with Gasteiger partial charge in [0.2, 0.25) is 0 Å². The maximum absolute atomic E-state index is 5.81. The molecule has 4 heteroatoms. The number of hydrogen-bond acceptors (Lipinski definition) is 1. The van der Waals surface area contributed by atoms with Crippen molar-refractivity contribution < 1.29 is 0 Å². The summed E-state index contributed by atoms with van der Waals surface area (Å²) in [7, 11) is 1.88. The summed E-state index contributed by atoms with van der Waals surface area (Å²) < 4.78 is 2.64. The highest BCUT2D eigenvalue weighted by atomic mass is 127. The highest BCUT2D eigenvalue weighted by molar-refractivity contribution is 14.1. The third-order valence-electron chi connectivity index (χ3n) is 1.22. The van der Waals surface area contributed by atoms with Crippen molar-refractivity contribution in [1.82, 2.24) is 9.78 Å². The second kappa shape index (κ2) is 2.46. The van der Waals surface area contributed by atoms with Gasteiger partial charge in [0.25, 0.3) is 0 Å². The Bertz CT molecular complexity index is 209. The van der Waals surface area contributed by atoms with Crippen LogP contribution in [0.3, 0.4) is 0 Å². The fourth-order valence-corrected chi connectivity index (χ4v) is 1.42. The maximum atomic E-state index is 5.81. The Balaban J connectivity index is 3.29. The summed E-state index contributed by atoms with van der Waals surface area (Å²) in [6.07, 6.45) is 0. The van der Waals surface area contributed by atoms with Crippen LogP contribution in [0.5, 0.6) is 0 Å². The minimum Gasteiger partial charge on any atom is -0.270 e. The number of aryl methyl sites for hydroxylation is 1. The molecule has 0 saturated carbocycles. The van der Waals surface area contributed by atoms with Gasteiger partial charge in [-0.05, 0) is 29.5 Å². The lowest BCUT2D eigenvalue weighted by Gasteiger charge is -1.89. The Labute approximate surface area is 72.3 Å². The Morgan fingerprint density at radius 3 is 2.33 bits per heavy atom. The molecule has 0 fully saturated rings. The Morgan fingerprint density at radius 1 is 1.67 bits per heavy atom. The van der Waals surface area contributed by atoms with Crippen molar-refractivity contribution in [2.45, 2.75) is 6.92 Å². The number of halogens is 2. The zero-order valence-electron chi connectivity index (χ0n) is 5.15. The monoisotopic (exact) mass is 256 g/mol. The van der Waals surface area contributed by atoms with E-state index < -0.39 is 0 Å². The first-order chi connectivity index (χ1) is 4.13. The van der Waals surface area contributed by atoms with Crippen LogP contribution in [-0.4, -0.2) is 9.78 Å². The van der Waals surface area contributed by atoms with Crippen LogP contribution in [0, 0.1) is 10.6 Å². The summed E-state index contributed by atoms with van der Waals surface area (Å²) in [5, 5.41) is 4.84. The van der Waals surface area contributed by atoms with Crippen molar-refractivity contribution in [3.05, 3.63) is 14.4 Å². The van der Waals surface area contributed by atoms with Gasteiger partial charge < -0.3 is 0 Å². The molecular formula is C5H6ClIN2. The molecule has 0 N–H and O–H groups in total. The predicted molar refractivity (Wildman–Crippen MR) is 45.7 cm³/mol. The molecule has 0 saturated heterocycles. The molecular weight excluding hydrogens is 250 g/mol. The van der Waals surface area contributed by atoms with E-state index in [-0.39, 0.29) is 0 Å². The molecule has 0 aliphatic rings. The molecule has 0 bridgehead atoms. The lowest BCUT2D eigenvalue weighted by Crippen LogP contribution is -1.91. The lowest BCUT2D eigenvalue weighted by molar-refractivity contribution is 0.733. The minimum atomic E-state index is 0.762. The molecule has 2 nitrogen and oxygen atoms in total. The Kier molecular flexibility index (Phi) is 2.00. The first-order valence-electron chi connectivity index (χ1n) is 2.47. The van der Waals surface area contributed by atoms with Crippen LogP contribution in [0.15, 0.2) is 0 Å². The van der Waals surface area contributed by atoms with Gasteiger partial charge >= 0.3 is 0 Å². The first-order valence-corrected chi connectivity index (χ1v) is 3.93. The average Bonchev–Trinajstić information content (AvgIpc) is 1.98. The van der Waals surface area contributed by atoms with E-state index in [1.54, 1.807) is 4.68 Å². The molecule has 0 aliphatic heterocycles. The zero-order chi connectivity index (χ0) is 7.02. The largest absolute Gasteiger partial charge is 0.270 e. The van der Waals surface area contributed by atoms with Crippen LogP contribution in [0.1, 0.15) is 5.69 Å². The van der Waals surface area contributed by atoms with Crippen molar-refractivity contribution in [1.29, 1.82) is 0 Å². The summed E-state index contributed by atoms with van der Waals surface area (Å²) in [5.41, 5.74) is 1.01. The van der Waals surface area contributed by atoms with Crippen LogP contribution in [0.25, 0.3) is 0 Å². The first kappa shape index (κ1) is 7.34. The van der Waals surface area contributed by atoms with Crippen molar-refractivity contribution in [2.75, 3.05) is 0 Å². The molecule has 1 aromatic rings. The third-order valence-corrected chi connectivity index (χ3v) is 2.75. The van der Waals surface area contributed by atoms with Gasteiger partial charge in [-0.25, -0.2) is 0 Å². The molecule has 9 heavy (non-hydrogen) atoms. The van der Waals surface area contributed by atoms with Gasteiger partial charge in [0, 0.05) is 7.05 Å². The molecule has 0 amide bonds. The number of aromatic nitrogens is 2. The standard InChI is InChI=1S/C5H6ClIN2/c1-3-4(6)5(7)8-9(3)2/h1-2H3. The molecule has 0 atom stereocenters. The molecule has 0 aliphatic carbocycles. The quantitative estimate of drug-likeness (QED) is 0.649. The number of hydrogen-bond donors (Lipinski definition) is 0. The van der Waals surface area contributed by atoms with Crippen molar-refractivity contribution >= 4 is 34.2 Å². The van der Waals surface area contributed by atoms with Crippen molar-refractivity contribution in [3.8, 4) is 0 Å². The summed E-state index contributed by atoms with van der Waals surface area (Å²) in [6.45, 7) is 1.94. The SMILES string of the molecule is Cc1c(Cl)c(I)nn1C. The van der Waals surface area contributed by atoms with Gasteiger partial charge in [-0.3, -0.25) is 4.68 Å². The van der Waals surface area contributed by atoms with Crippen molar-refractivity contribution in [2.24, 2.45) is 7.05 Å². The lowest BCUT2D eigenvalue weighted by atomic mass is 10.5. The fourth-order valence-electron chi connectivity index (χ4n) is 0.542. The van der Waals surface area contributed by atoms with Gasteiger partial charge in [0.15, 0.2) is 0 Å². The van der Waals surface area contributed by atoms with E-state index >= 15 is 0 Å². The second-order valence-electron chi connectivity index (χ2n) is 1.81. The van der Waals surface area contributed by atoms with E-state index in [1.165, 1.54) is 0 Å². The molecule has 1 heterocycles. The summed E-state index contributed by atoms with van der Waals surface area (Å²) in [4.78, 5) is 0. The molecule has 0 aromatic carbocycles. The summed E-state index contributed by atoms with van der Waals surface area (Å²) >= 11 is 7.91. The minimum absolute atomic E-state index is 0.762. The number of nitrogens with zero attached hydrogens (tertiary/aromatic N) is 2. The van der Waals surface area contributed by atoms with Crippen LogP contribution < -0.4 is 0 Å². The van der Waals surface area contributed by atoms with Crippen LogP contribution in [-0.2, 0) is 7.05 Å². The van der Waals surface area contributed by atoms with Gasteiger partial charge in [-0.1, -0.05) is 11.6 Å². The molecule has 1 rings (SSSR count). The van der Waals surface area contributed by atoms with Gasteiger partial charge in [0.05, 0.1) is 10.7 Å². The number of rotatable bonds is 0. The smallest absolute Gasteiger partial charge is 0.142 e. The summed E-state index contributed by atoms with van der Waals surface area (Å²) in [5.74, 6) is 0. The molecule has 50 valence electrons. The van der Waals surface area contributed by atoms with Gasteiger partial charge in [-0.15, -0.1) is 0 Å². The van der Waals surface area contributed by atoms with E-state index in [4.69, 9.17) is 11.6 Å².